The number of ether oxygens (including phenoxy) is 1. The molecule has 2 aromatic rings. The van der Waals surface area contributed by atoms with Gasteiger partial charge in [0.2, 0.25) is 0 Å². The van der Waals surface area contributed by atoms with Crippen LogP contribution in [0.4, 0.5) is 11.5 Å². The Kier molecular flexibility index (Phi) is 5.18. The summed E-state index contributed by atoms with van der Waals surface area (Å²) in [6, 6.07) is 9.68. The van der Waals surface area contributed by atoms with E-state index in [0.717, 1.165) is 0 Å². The number of carbonyl (C=O) groups excluding carboxylic acids is 2. The lowest BCUT2D eigenvalue weighted by molar-refractivity contribution is 0.0602. The van der Waals surface area contributed by atoms with Crippen LogP contribution >= 0.6 is 11.6 Å². The van der Waals surface area contributed by atoms with Gasteiger partial charge >= 0.3 is 5.97 Å². The second kappa shape index (κ2) is 7.11. The van der Waals surface area contributed by atoms with Crippen molar-refractivity contribution in [1.29, 1.82) is 0 Å². The molecule has 23 heavy (non-hydrogen) atoms. The van der Waals surface area contributed by atoms with Crippen molar-refractivity contribution in [2.45, 2.75) is 0 Å². The molecule has 0 aliphatic carbocycles. The molecule has 6 nitrogen and oxygen atoms in total. The summed E-state index contributed by atoms with van der Waals surface area (Å²) in [4.78, 5) is 30.0. The van der Waals surface area contributed by atoms with Crippen molar-refractivity contribution in [3.05, 3.63) is 52.7 Å². The monoisotopic (exact) mass is 333 g/mol. The number of benzene rings is 1. The van der Waals surface area contributed by atoms with Gasteiger partial charge in [-0.2, -0.15) is 0 Å². The van der Waals surface area contributed by atoms with E-state index in [9.17, 15) is 9.59 Å². The average molecular weight is 334 g/mol. The second-order valence-corrected chi connectivity index (χ2v) is 5.31. The molecule has 2 rings (SSSR count). The van der Waals surface area contributed by atoms with Crippen LogP contribution in [0.1, 0.15) is 20.7 Å². The molecule has 0 saturated heterocycles. The van der Waals surface area contributed by atoms with Crippen molar-refractivity contribution in [2.24, 2.45) is 0 Å². The summed E-state index contributed by atoms with van der Waals surface area (Å²) < 4.78 is 4.71. The van der Waals surface area contributed by atoms with Crippen LogP contribution in [0.3, 0.4) is 0 Å². The van der Waals surface area contributed by atoms with Crippen LogP contribution in [0.5, 0.6) is 0 Å². The van der Waals surface area contributed by atoms with Crippen LogP contribution in [0.2, 0.25) is 5.15 Å². The standard InChI is InChI=1S/C16H16ClN3O3/c1-20(2)14-9-10(8-13(17)19-14)15(21)18-12-7-5-4-6-11(12)16(22)23-3/h4-9H,1-3H3,(H,18,21). The summed E-state index contributed by atoms with van der Waals surface area (Å²) in [5, 5.41) is 2.90. The van der Waals surface area contributed by atoms with E-state index in [4.69, 9.17) is 16.3 Å². The number of rotatable bonds is 4. The van der Waals surface area contributed by atoms with Gasteiger partial charge in [0.05, 0.1) is 18.4 Å². The van der Waals surface area contributed by atoms with Crippen LogP contribution < -0.4 is 10.2 Å². The summed E-state index contributed by atoms with van der Waals surface area (Å²) in [6.07, 6.45) is 0. The van der Waals surface area contributed by atoms with E-state index in [-0.39, 0.29) is 10.7 Å². The van der Waals surface area contributed by atoms with Crippen LogP contribution in [0.25, 0.3) is 0 Å². The van der Waals surface area contributed by atoms with Crippen molar-refractivity contribution in [3.63, 3.8) is 0 Å². The second-order valence-electron chi connectivity index (χ2n) is 4.92. The van der Waals surface area contributed by atoms with E-state index in [1.165, 1.54) is 13.2 Å². The Balaban J connectivity index is 2.32. The minimum atomic E-state index is -0.525. The number of anilines is 2. The highest BCUT2D eigenvalue weighted by Gasteiger charge is 2.15. The summed E-state index contributed by atoms with van der Waals surface area (Å²) in [5.74, 6) is -0.361. The third kappa shape index (κ3) is 3.98. The zero-order valence-electron chi connectivity index (χ0n) is 13.0. The van der Waals surface area contributed by atoms with Gasteiger partial charge in [-0.25, -0.2) is 9.78 Å². The van der Waals surface area contributed by atoms with Gasteiger partial charge in [0, 0.05) is 19.7 Å². The van der Waals surface area contributed by atoms with Crippen molar-refractivity contribution >= 4 is 35.0 Å². The lowest BCUT2D eigenvalue weighted by atomic mass is 10.1. The zero-order chi connectivity index (χ0) is 17.0. The number of aromatic nitrogens is 1. The topological polar surface area (TPSA) is 71.5 Å². The van der Waals surface area contributed by atoms with Crippen LogP contribution in [-0.2, 0) is 4.74 Å². The number of nitrogens with zero attached hydrogens (tertiary/aromatic N) is 2. The van der Waals surface area contributed by atoms with E-state index in [1.54, 1.807) is 49.3 Å². The molecule has 0 aliphatic rings. The molecule has 0 saturated carbocycles. The summed E-state index contributed by atoms with van der Waals surface area (Å²) in [7, 11) is 4.88. The first-order chi connectivity index (χ1) is 10.9. The summed E-state index contributed by atoms with van der Waals surface area (Å²) in [6.45, 7) is 0. The number of halogens is 1. The maximum absolute atomic E-state index is 12.4. The van der Waals surface area contributed by atoms with E-state index >= 15 is 0 Å². The molecule has 0 spiro atoms. The normalized spacial score (nSPS) is 10.1. The van der Waals surface area contributed by atoms with Gasteiger partial charge < -0.3 is 15.0 Å². The zero-order valence-corrected chi connectivity index (χ0v) is 13.7. The van der Waals surface area contributed by atoms with E-state index < -0.39 is 11.9 Å². The van der Waals surface area contributed by atoms with Crippen molar-refractivity contribution < 1.29 is 14.3 Å². The fourth-order valence-electron chi connectivity index (χ4n) is 1.92. The Morgan fingerprint density at radius 3 is 2.57 bits per heavy atom. The molecule has 1 aromatic heterocycles. The van der Waals surface area contributed by atoms with E-state index in [1.807, 2.05) is 0 Å². The fraction of sp³-hybridized carbons (Fsp3) is 0.188. The van der Waals surface area contributed by atoms with Crippen LogP contribution in [0.15, 0.2) is 36.4 Å². The fourth-order valence-corrected chi connectivity index (χ4v) is 2.12. The average Bonchev–Trinajstić information content (AvgIpc) is 2.54. The molecule has 1 amide bonds. The van der Waals surface area contributed by atoms with Crippen LogP contribution in [-0.4, -0.2) is 38.1 Å². The van der Waals surface area contributed by atoms with Crippen molar-refractivity contribution in [2.75, 3.05) is 31.4 Å². The van der Waals surface area contributed by atoms with Crippen molar-refractivity contribution in [1.82, 2.24) is 4.98 Å². The lowest BCUT2D eigenvalue weighted by Gasteiger charge is -2.14. The third-order valence-electron chi connectivity index (χ3n) is 3.08. The molecule has 1 aromatic carbocycles. The SMILES string of the molecule is COC(=O)c1ccccc1NC(=O)c1cc(Cl)nc(N(C)C)c1. The number of amides is 1. The number of methoxy groups -OCH3 is 1. The number of hydrogen-bond acceptors (Lipinski definition) is 5. The molecule has 0 bridgehead atoms. The Labute approximate surface area is 139 Å². The molecule has 120 valence electrons. The van der Waals surface area contributed by atoms with Gasteiger partial charge in [0.15, 0.2) is 0 Å². The lowest BCUT2D eigenvalue weighted by Crippen LogP contribution is -2.17. The number of pyridine rings is 1. The first-order valence-corrected chi connectivity index (χ1v) is 7.13. The van der Waals surface area contributed by atoms with Gasteiger partial charge in [-0.1, -0.05) is 23.7 Å². The number of nitrogens with one attached hydrogen (secondary N) is 1. The predicted molar refractivity (Wildman–Crippen MR) is 89.3 cm³/mol. The number of esters is 1. The summed E-state index contributed by atoms with van der Waals surface area (Å²) in [5.41, 5.74) is 0.980. The highest BCUT2D eigenvalue weighted by atomic mass is 35.5. The Hall–Kier alpha value is -2.60. The van der Waals surface area contributed by atoms with E-state index in [0.29, 0.717) is 17.1 Å². The summed E-state index contributed by atoms with van der Waals surface area (Å²) >= 11 is 5.95. The Morgan fingerprint density at radius 2 is 1.91 bits per heavy atom. The van der Waals surface area contributed by atoms with Gasteiger partial charge in [-0.05, 0) is 24.3 Å². The number of para-hydroxylation sites is 1. The Morgan fingerprint density at radius 1 is 1.22 bits per heavy atom. The van der Waals surface area contributed by atoms with Gasteiger partial charge in [0.1, 0.15) is 11.0 Å². The predicted octanol–water partition coefficient (Wildman–Crippen LogP) is 2.84. The molecule has 7 heteroatoms. The van der Waals surface area contributed by atoms with Gasteiger partial charge in [-0.3, -0.25) is 4.79 Å². The molecular weight excluding hydrogens is 318 g/mol. The molecule has 0 unspecified atom stereocenters. The molecule has 0 fully saturated rings. The molecular formula is C16H16ClN3O3. The molecule has 0 atom stereocenters. The number of hydrogen-bond donors (Lipinski definition) is 1. The van der Waals surface area contributed by atoms with E-state index in [2.05, 4.69) is 10.3 Å². The van der Waals surface area contributed by atoms with Crippen LogP contribution in [0, 0.1) is 0 Å². The molecule has 1 heterocycles. The van der Waals surface area contributed by atoms with Crippen molar-refractivity contribution in [3.8, 4) is 0 Å². The molecule has 0 radical (unpaired) electrons. The first-order valence-electron chi connectivity index (χ1n) is 6.76. The quantitative estimate of drug-likeness (QED) is 0.688. The first kappa shape index (κ1) is 16.8. The smallest absolute Gasteiger partial charge is 0.339 e. The third-order valence-corrected chi connectivity index (χ3v) is 3.28. The minimum Gasteiger partial charge on any atom is -0.465 e. The molecule has 1 N–H and O–H groups in total. The maximum Gasteiger partial charge on any atom is 0.339 e. The van der Waals surface area contributed by atoms with Gasteiger partial charge in [0.25, 0.3) is 5.91 Å². The highest BCUT2D eigenvalue weighted by molar-refractivity contribution is 6.30. The largest absolute Gasteiger partial charge is 0.465 e. The highest BCUT2D eigenvalue weighted by Crippen LogP contribution is 2.20. The number of carbonyl (C=O) groups is 2. The van der Waals surface area contributed by atoms with Gasteiger partial charge in [-0.15, -0.1) is 0 Å². The minimum absolute atomic E-state index is 0.211. The Bertz CT molecular complexity index is 747. The molecule has 0 aliphatic heterocycles. The maximum atomic E-state index is 12.4.